The predicted octanol–water partition coefficient (Wildman–Crippen LogP) is 4.94. The van der Waals surface area contributed by atoms with Gasteiger partial charge in [0, 0.05) is 10.9 Å². The lowest BCUT2D eigenvalue weighted by Gasteiger charge is -2.23. The Morgan fingerprint density at radius 1 is 1.11 bits per heavy atom. The van der Waals surface area contributed by atoms with Gasteiger partial charge in [-0.15, -0.1) is 0 Å². The summed E-state index contributed by atoms with van der Waals surface area (Å²) in [6.07, 6.45) is -0.347. The Balaban J connectivity index is 2.13. The molecule has 0 saturated carbocycles. The third-order valence-electron chi connectivity index (χ3n) is 3.93. The Hall–Kier alpha value is -2.34. The summed E-state index contributed by atoms with van der Waals surface area (Å²) in [5.41, 5.74) is 2.18. The number of halogens is 1. The maximum Gasteiger partial charge on any atom is 0.408 e. The van der Waals surface area contributed by atoms with Crippen molar-refractivity contribution >= 4 is 28.0 Å². The number of esters is 1. The van der Waals surface area contributed by atoms with Crippen LogP contribution in [0.2, 0.25) is 0 Å². The molecule has 0 aliphatic rings. The molecule has 1 amide bonds. The van der Waals surface area contributed by atoms with Gasteiger partial charge in [0.1, 0.15) is 18.2 Å². The topological polar surface area (TPSA) is 64.6 Å². The lowest BCUT2D eigenvalue weighted by molar-refractivity contribution is -0.147. The van der Waals surface area contributed by atoms with Crippen molar-refractivity contribution < 1.29 is 19.1 Å². The Bertz CT molecular complexity index is 815. The van der Waals surface area contributed by atoms with Crippen molar-refractivity contribution in [3.05, 3.63) is 69.7 Å². The molecule has 0 spiro atoms. The van der Waals surface area contributed by atoms with Crippen molar-refractivity contribution in [3.63, 3.8) is 0 Å². The van der Waals surface area contributed by atoms with Crippen molar-refractivity contribution in [2.24, 2.45) is 0 Å². The third-order valence-corrected chi connectivity index (χ3v) is 4.43. The molecule has 0 bridgehead atoms. The number of amides is 1. The minimum Gasteiger partial charge on any atom is -0.459 e. The highest BCUT2D eigenvalue weighted by Gasteiger charge is 2.26. The summed E-state index contributed by atoms with van der Waals surface area (Å²) in [4.78, 5) is 25.0. The molecule has 1 atom stereocenters. The highest BCUT2D eigenvalue weighted by molar-refractivity contribution is 9.10. The average molecular weight is 448 g/mol. The Morgan fingerprint density at radius 2 is 1.79 bits per heavy atom. The molecule has 0 radical (unpaired) electrons. The number of aryl methyl sites for hydroxylation is 1. The zero-order valence-electron chi connectivity index (χ0n) is 16.6. The van der Waals surface area contributed by atoms with Crippen LogP contribution < -0.4 is 5.32 Å². The zero-order chi connectivity index (χ0) is 20.7. The van der Waals surface area contributed by atoms with E-state index in [4.69, 9.17) is 9.47 Å². The van der Waals surface area contributed by atoms with E-state index in [-0.39, 0.29) is 6.61 Å². The van der Waals surface area contributed by atoms with Crippen LogP contribution >= 0.6 is 15.9 Å². The molecule has 5 nitrogen and oxygen atoms in total. The molecule has 2 rings (SSSR count). The van der Waals surface area contributed by atoms with E-state index in [1.165, 1.54) is 0 Å². The monoisotopic (exact) mass is 447 g/mol. The summed E-state index contributed by atoms with van der Waals surface area (Å²) in [5, 5.41) is 2.65. The number of alkyl carbamates (subject to hydrolysis) is 1. The van der Waals surface area contributed by atoms with E-state index in [0.29, 0.717) is 6.42 Å². The number of hydrogen-bond acceptors (Lipinski definition) is 4. The second-order valence-corrected chi connectivity index (χ2v) is 8.48. The number of hydrogen-bond donors (Lipinski definition) is 1. The van der Waals surface area contributed by atoms with Crippen LogP contribution in [0.5, 0.6) is 0 Å². The van der Waals surface area contributed by atoms with Gasteiger partial charge >= 0.3 is 12.1 Å². The SMILES string of the molecule is Cc1ccc(Br)cc1C[C@H](NC(=O)OC(C)(C)C)C(=O)OCc1ccccc1. The van der Waals surface area contributed by atoms with Crippen molar-refractivity contribution in [2.75, 3.05) is 0 Å². The van der Waals surface area contributed by atoms with Crippen LogP contribution in [0.4, 0.5) is 4.79 Å². The Kier molecular flexibility index (Phi) is 7.63. The molecule has 150 valence electrons. The van der Waals surface area contributed by atoms with Crippen molar-refractivity contribution in [1.29, 1.82) is 0 Å². The van der Waals surface area contributed by atoms with Gasteiger partial charge in [-0.05, 0) is 56.5 Å². The number of benzene rings is 2. The molecular formula is C22H26BrNO4. The van der Waals surface area contributed by atoms with E-state index in [2.05, 4.69) is 21.2 Å². The molecule has 0 unspecified atom stereocenters. The van der Waals surface area contributed by atoms with Gasteiger partial charge in [-0.25, -0.2) is 9.59 Å². The first-order valence-corrected chi connectivity index (χ1v) is 9.88. The quantitative estimate of drug-likeness (QED) is 0.636. The minimum absolute atomic E-state index is 0.142. The van der Waals surface area contributed by atoms with Crippen LogP contribution in [0.25, 0.3) is 0 Å². The lowest BCUT2D eigenvalue weighted by Crippen LogP contribution is -2.45. The summed E-state index contributed by atoms with van der Waals surface area (Å²) in [7, 11) is 0. The fourth-order valence-corrected chi connectivity index (χ4v) is 2.96. The van der Waals surface area contributed by atoms with Gasteiger partial charge in [0.25, 0.3) is 0 Å². The Morgan fingerprint density at radius 3 is 2.43 bits per heavy atom. The van der Waals surface area contributed by atoms with E-state index in [1.54, 1.807) is 20.8 Å². The van der Waals surface area contributed by atoms with Crippen LogP contribution in [-0.2, 0) is 27.3 Å². The van der Waals surface area contributed by atoms with Crippen LogP contribution in [0, 0.1) is 6.92 Å². The molecule has 6 heteroatoms. The summed E-state index contributed by atoms with van der Waals surface area (Å²) < 4.78 is 11.7. The molecule has 2 aromatic carbocycles. The van der Waals surface area contributed by atoms with Crippen molar-refractivity contribution in [1.82, 2.24) is 5.32 Å². The first-order chi connectivity index (χ1) is 13.1. The van der Waals surface area contributed by atoms with E-state index >= 15 is 0 Å². The number of carbonyl (C=O) groups is 2. The van der Waals surface area contributed by atoms with Crippen LogP contribution in [0.3, 0.4) is 0 Å². The van der Waals surface area contributed by atoms with Gasteiger partial charge < -0.3 is 14.8 Å². The summed E-state index contributed by atoms with van der Waals surface area (Å²) in [6.45, 7) is 7.42. The lowest BCUT2D eigenvalue weighted by atomic mass is 10.0. The summed E-state index contributed by atoms with van der Waals surface area (Å²) in [5.74, 6) is -0.505. The van der Waals surface area contributed by atoms with Crippen molar-refractivity contribution in [3.8, 4) is 0 Å². The second kappa shape index (κ2) is 9.73. The maximum atomic E-state index is 12.7. The molecule has 0 saturated heterocycles. The minimum atomic E-state index is -0.855. The van der Waals surface area contributed by atoms with Gasteiger partial charge in [0.05, 0.1) is 0 Å². The van der Waals surface area contributed by atoms with Crippen LogP contribution in [-0.4, -0.2) is 23.7 Å². The van der Waals surface area contributed by atoms with Gasteiger partial charge in [-0.1, -0.05) is 52.3 Å². The molecule has 2 aromatic rings. The Labute approximate surface area is 174 Å². The van der Waals surface area contributed by atoms with E-state index < -0.39 is 23.7 Å². The second-order valence-electron chi connectivity index (χ2n) is 7.57. The van der Waals surface area contributed by atoms with Crippen LogP contribution in [0.1, 0.15) is 37.5 Å². The van der Waals surface area contributed by atoms with Gasteiger partial charge in [0.2, 0.25) is 0 Å². The molecule has 28 heavy (non-hydrogen) atoms. The molecule has 0 aliphatic heterocycles. The largest absolute Gasteiger partial charge is 0.459 e. The van der Waals surface area contributed by atoms with E-state index in [9.17, 15) is 9.59 Å². The number of carbonyl (C=O) groups excluding carboxylic acids is 2. The van der Waals surface area contributed by atoms with E-state index in [1.807, 2.05) is 55.5 Å². The molecular weight excluding hydrogens is 422 g/mol. The molecule has 0 aliphatic carbocycles. The predicted molar refractivity (Wildman–Crippen MR) is 112 cm³/mol. The number of nitrogens with one attached hydrogen (secondary N) is 1. The highest BCUT2D eigenvalue weighted by Crippen LogP contribution is 2.18. The first kappa shape index (κ1) is 22.0. The third kappa shape index (κ3) is 7.35. The molecule has 0 aromatic heterocycles. The first-order valence-electron chi connectivity index (χ1n) is 9.09. The standard InChI is InChI=1S/C22H26BrNO4/c1-15-10-11-18(23)12-17(15)13-19(24-21(26)28-22(2,3)4)20(25)27-14-16-8-6-5-7-9-16/h5-12,19H,13-14H2,1-4H3,(H,24,26)/t19-/m0/s1. The molecule has 0 heterocycles. The maximum absolute atomic E-state index is 12.7. The van der Waals surface area contributed by atoms with Gasteiger partial charge in [0.15, 0.2) is 0 Å². The van der Waals surface area contributed by atoms with E-state index in [0.717, 1.165) is 21.2 Å². The summed E-state index contributed by atoms with van der Waals surface area (Å²) in [6, 6.07) is 14.4. The van der Waals surface area contributed by atoms with Gasteiger partial charge in [-0.3, -0.25) is 0 Å². The fourth-order valence-electron chi connectivity index (χ4n) is 2.55. The zero-order valence-corrected chi connectivity index (χ0v) is 18.2. The normalized spacial score (nSPS) is 12.2. The average Bonchev–Trinajstić information content (AvgIpc) is 2.61. The number of rotatable bonds is 6. The van der Waals surface area contributed by atoms with Crippen LogP contribution in [0.15, 0.2) is 53.0 Å². The molecule has 0 fully saturated rings. The van der Waals surface area contributed by atoms with Gasteiger partial charge in [-0.2, -0.15) is 0 Å². The smallest absolute Gasteiger partial charge is 0.408 e. The highest BCUT2D eigenvalue weighted by atomic mass is 79.9. The molecule has 1 N–H and O–H groups in total. The van der Waals surface area contributed by atoms with Crippen molar-refractivity contribution in [2.45, 2.75) is 52.4 Å². The summed E-state index contributed by atoms with van der Waals surface area (Å²) >= 11 is 3.45. The fraction of sp³-hybridized carbons (Fsp3) is 0.364. The number of ether oxygens (including phenoxy) is 2.